The lowest BCUT2D eigenvalue weighted by molar-refractivity contribution is -0.383. The summed E-state index contributed by atoms with van der Waals surface area (Å²) >= 11 is 0. The molecule has 0 saturated carbocycles. The van der Waals surface area contributed by atoms with Crippen LogP contribution in [0.5, 0.6) is 0 Å². The number of hydrogen-bond acceptors (Lipinski definition) is 5. The minimum absolute atomic E-state index is 0.140. The van der Waals surface area contributed by atoms with Crippen LogP contribution in [0.3, 0.4) is 0 Å². The van der Waals surface area contributed by atoms with Crippen molar-refractivity contribution in [2.45, 2.75) is 20.8 Å². The van der Waals surface area contributed by atoms with Gasteiger partial charge < -0.3 is 5.73 Å². The molecule has 2 rings (SSSR count). The molecule has 0 aliphatic rings. The number of hydrogen-bond donors (Lipinski definition) is 2. The largest absolute Gasteiger partial charge is 0.383 e. The average molecular weight is 223 g/mol. The van der Waals surface area contributed by atoms with Gasteiger partial charge in [0, 0.05) is 5.69 Å². The van der Waals surface area contributed by atoms with E-state index in [1.54, 1.807) is 6.92 Å². The maximum atomic E-state index is 10.6. The van der Waals surface area contributed by atoms with Gasteiger partial charge in [0.05, 0.1) is 10.3 Å². The summed E-state index contributed by atoms with van der Waals surface area (Å²) in [6.07, 6.45) is 1.11. The molecule has 0 aliphatic heterocycles. The summed E-state index contributed by atoms with van der Waals surface area (Å²) in [6, 6.07) is 0. The highest BCUT2D eigenvalue weighted by atomic mass is 16.6. The van der Waals surface area contributed by atoms with E-state index >= 15 is 0 Å². The summed E-state index contributed by atoms with van der Waals surface area (Å²) in [6.45, 7) is 5.73. The number of rotatable bonds is 1. The van der Waals surface area contributed by atoms with Gasteiger partial charge >= 0.3 is 5.69 Å². The van der Waals surface area contributed by atoms with Crippen LogP contribution in [-0.4, -0.2) is 20.1 Å². The lowest BCUT2D eigenvalue weighted by Gasteiger charge is -1.95. The van der Waals surface area contributed by atoms with Crippen LogP contribution in [0.1, 0.15) is 19.5 Å². The molecule has 0 bridgehead atoms. The third-order valence-electron chi connectivity index (χ3n) is 1.97. The van der Waals surface area contributed by atoms with Gasteiger partial charge in [-0.15, -0.1) is 0 Å². The molecule has 7 heteroatoms. The minimum atomic E-state index is -0.533. The van der Waals surface area contributed by atoms with Crippen LogP contribution < -0.4 is 5.73 Å². The van der Waals surface area contributed by atoms with E-state index in [0.717, 1.165) is 6.20 Å². The van der Waals surface area contributed by atoms with E-state index in [2.05, 4.69) is 15.2 Å². The standard InChI is InChI=1S/C7H7N5O2.C2H6/c1-3-5-6(11-10-3)4(12(13)14)2-9-7(5)8;1-2/h2H,1H3,(H2,8,9)(H,10,11);1-2H3. The first-order valence-corrected chi connectivity index (χ1v) is 4.85. The molecule has 2 aromatic rings. The molecule has 0 saturated heterocycles. The van der Waals surface area contributed by atoms with Gasteiger partial charge in [0.25, 0.3) is 0 Å². The normalized spacial score (nSPS) is 9.69. The zero-order valence-corrected chi connectivity index (χ0v) is 9.31. The molecule has 3 N–H and O–H groups in total. The summed E-state index contributed by atoms with van der Waals surface area (Å²) in [7, 11) is 0. The number of aromatic nitrogens is 3. The molecule has 7 nitrogen and oxygen atoms in total. The summed E-state index contributed by atoms with van der Waals surface area (Å²) in [5, 5.41) is 17.6. The first kappa shape index (κ1) is 11.9. The third-order valence-corrected chi connectivity index (χ3v) is 1.97. The number of H-pyrrole nitrogens is 1. The zero-order valence-electron chi connectivity index (χ0n) is 9.31. The van der Waals surface area contributed by atoms with E-state index in [-0.39, 0.29) is 17.0 Å². The number of nitro groups is 1. The van der Waals surface area contributed by atoms with Crippen molar-refractivity contribution < 1.29 is 4.92 Å². The predicted molar refractivity (Wildman–Crippen MR) is 61.0 cm³/mol. The first-order chi connectivity index (χ1) is 7.61. The van der Waals surface area contributed by atoms with Crippen molar-refractivity contribution in [3.05, 3.63) is 22.0 Å². The summed E-state index contributed by atoms with van der Waals surface area (Å²) in [4.78, 5) is 13.8. The molecule has 16 heavy (non-hydrogen) atoms. The Labute approximate surface area is 91.8 Å². The highest BCUT2D eigenvalue weighted by molar-refractivity contribution is 5.95. The second-order valence-electron chi connectivity index (χ2n) is 2.86. The molecule has 0 fully saturated rings. The highest BCUT2D eigenvalue weighted by Crippen LogP contribution is 2.27. The van der Waals surface area contributed by atoms with E-state index in [4.69, 9.17) is 5.73 Å². The molecule has 86 valence electrons. The fourth-order valence-electron chi connectivity index (χ4n) is 1.32. The Kier molecular flexibility index (Phi) is 3.39. The molecule has 0 aliphatic carbocycles. The number of pyridine rings is 1. The number of nitrogens with two attached hydrogens (primary N) is 1. The van der Waals surface area contributed by atoms with Gasteiger partial charge in [-0.25, -0.2) is 4.98 Å². The number of aryl methyl sites for hydroxylation is 1. The maximum Gasteiger partial charge on any atom is 0.315 e. The Morgan fingerprint density at radius 2 is 2.12 bits per heavy atom. The Balaban J connectivity index is 0.000000606. The first-order valence-electron chi connectivity index (χ1n) is 4.85. The topological polar surface area (TPSA) is 111 Å². The predicted octanol–water partition coefficient (Wildman–Crippen LogP) is 1.78. The number of fused-ring (bicyclic) bond motifs is 1. The third kappa shape index (κ3) is 1.79. The van der Waals surface area contributed by atoms with Crippen LogP contribution in [0.25, 0.3) is 10.9 Å². The van der Waals surface area contributed by atoms with Gasteiger partial charge in [-0.3, -0.25) is 15.2 Å². The van der Waals surface area contributed by atoms with Crippen LogP contribution in [0, 0.1) is 17.0 Å². The Morgan fingerprint density at radius 3 is 2.69 bits per heavy atom. The highest BCUT2D eigenvalue weighted by Gasteiger charge is 2.18. The van der Waals surface area contributed by atoms with Crippen molar-refractivity contribution in [2.24, 2.45) is 0 Å². The van der Waals surface area contributed by atoms with Crippen LogP contribution in [0.4, 0.5) is 11.5 Å². The van der Waals surface area contributed by atoms with Gasteiger partial charge in [-0.2, -0.15) is 5.10 Å². The molecule has 0 spiro atoms. The maximum absolute atomic E-state index is 10.6. The van der Waals surface area contributed by atoms with Crippen molar-refractivity contribution in [3.8, 4) is 0 Å². The van der Waals surface area contributed by atoms with Crippen LogP contribution in [-0.2, 0) is 0 Å². The molecule has 0 radical (unpaired) electrons. The fourth-order valence-corrected chi connectivity index (χ4v) is 1.32. The quantitative estimate of drug-likeness (QED) is 0.565. The van der Waals surface area contributed by atoms with Crippen LogP contribution in [0.15, 0.2) is 6.20 Å². The Hall–Kier alpha value is -2.18. The van der Waals surface area contributed by atoms with E-state index < -0.39 is 4.92 Å². The van der Waals surface area contributed by atoms with E-state index in [1.165, 1.54) is 0 Å². The Bertz CT molecular complexity index is 520. The van der Waals surface area contributed by atoms with Crippen LogP contribution >= 0.6 is 0 Å². The molecular weight excluding hydrogens is 210 g/mol. The van der Waals surface area contributed by atoms with Gasteiger partial charge in [0.1, 0.15) is 12.0 Å². The summed E-state index contributed by atoms with van der Waals surface area (Å²) < 4.78 is 0. The molecular formula is C9H13N5O2. The molecule has 0 unspecified atom stereocenters. The van der Waals surface area contributed by atoms with Gasteiger partial charge in [-0.1, -0.05) is 13.8 Å². The fraction of sp³-hybridized carbons (Fsp3) is 0.333. The lowest BCUT2D eigenvalue weighted by Crippen LogP contribution is -1.95. The average Bonchev–Trinajstić information content (AvgIpc) is 2.65. The number of nitrogens with one attached hydrogen (secondary N) is 1. The van der Waals surface area contributed by atoms with Crippen molar-refractivity contribution in [1.82, 2.24) is 15.2 Å². The molecule has 0 amide bonds. The van der Waals surface area contributed by atoms with Crippen molar-refractivity contribution in [1.29, 1.82) is 0 Å². The summed E-state index contributed by atoms with van der Waals surface area (Å²) in [5.41, 5.74) is 6.36. The summed E-state index contributed by atoms with van der Waals surface area (Å²) in [5.74, 6) is 0.247. The molecule has 0 aromatic carbocycles. The number of aromatic amines is 1. The molecule has 2 aromatic heterocycles. The Morgan fingerprint density at radius 1 is 1.50 bits per heavy atom. The van der Waals surface area contributed by atoms with Crippen molar-refractivity contribution in [3.63, 3.8) is 0 Å². The zero-order chi connectivity index (χ0) is 12.3. The second kappa shape index (κ2) is 4.56. The van der Waals surface area contributed by atoms with Crippen molar-refractivity contribution >= 4 is 22.4 Å². The minimum Gasteiger partial charge on any atom is -0.383 e. The monoisotopic (exact) mass is 223 g/mol. The van der Waals surface area contributed by atoms with Crippen LogP contribution in [0.2, 0.25) is 0 Å². The van der Waals surface area contributed by atoms with Gasteiger partial charge in [-0.05, 0) is 6.92 Å². The molecule has 0 atom stereocenters. The van der Waals surface area contributed by atoms with Crippen molar-refractivity contribution in [2.75, 3.05) is 5.73 Å². The van der Waals surface area contributed by atoms with Gasteiger partial charge in [0.15, 0.2) is 5.52 Å². The van der Waals surface area contributed by atoms with Gasteiger partial charge in [0.2, 0.25) is 0 Å². The van der Waals surface area contributed by atoms with E-state index in [1.807, 2.05) is 13.8 Å². The number of anilines is 1. The lowest BCUT2D eigenvalue weighted by atomic mass is 10.2. The second-order valence-corrected chi connectivity index (χ2v) is 2.86. The number of nitrogens with zero attached hydrogens (tertiary/aromatic N) is 3. The SMILES string of the molecule is CC.Cc1[nH]nc2c([N+](=O)[O-])cnc(N)c12. The smallest absolute Gasteiger partial charge is 0.315 e. The van der Waals surface area contributed by atoms with E-state index in [0.29, 0.717) is 11.1 Å². The molecule has 2 heterocycles. The van der Waals surface area contributed by atoms with E-state index in [9.17, 15) is 10.1 Å². The number of nitrogen functional groups attached to an aromatic ring is 1.